The third kappa shape index (κ3) is 6.56. The van der Waals surface area contributed by atoms with Gasteiger partial charge >= 0.3 is 5.97 Å². The average molecular weight is 627 g/mol. The largest absolute Gasteiger partial charge is 0.478 e. The maximum atomic E-state index is 16.4. The molecule has 2 N–H and O–H groups in total. The summed E-state index contributed by atoms with van der Waals surface area (Å²) in [5.74, 6) is -3.78. The van der Waals surface area contributed by atoms with Crippen molar-refractivity contribution in [3.63, 3.8) is 0 Å². The molecule has 0 spiro atoms. The van der Waals surface area contributed by atoms with Gasteiger partial charge in [-0.3, -0.25) is 14.5 Å². The Morgan fingerprint density at radius 1 is 1.19 bits per heavy atom. The number of carbonyl (C=O) groups excluding carboxylic acids is 2. The number of amides is 2. The summed E-state index contributed by atoms with van der Waals surface area (Å²) in [6.45, 7) is 6.60. The molecule has 3 aliphatic rings. The first-order valence-corrected chi connectivity index (χ1v) is 15.1. The summed E-state index contributed by atoms with van der Waals surface area (Å²) in [5.41, 5.74) is 0.0182. The molecule has 0 unspecified atom stereocenters. The molecule has 1 aliphatic carbocycles. The molecule has 43 heavy (non-hydrogen) atoms. The van der Waals surface area contributed by atoms with Crippen LogP contribution in [0.2, 0.25) is 5.02 Å². The van der Waals surface area contributed by atoms with Crippen LogP contribution in [0.4, 0.5) is 10.1 Å². The molecule has 0 radical (unpaired) electrons. The summed E-state index contributed by atoms with van der Waals surface area (Å²) < 4.78 is 16.4. The molecule has 0 bridgehead atoms. The van der Waals surface area contributed by atoms with Crippen molar-refractivity contribution in [3.05, 3.63) is 100 Å². The average Bonchev–Trinajstić information content (AvgIpc) is 3.74. The van der Waals surface area contributed by atoms with Gasteiger partial charge < -0.3 is 15.3 Å². The molecule has 2 heterocycles. The van der Waals surface area contributed by atoms with Crippen molar-refractivity contribution in [2.24, 2.45) is 17.8 Å². The standard InChI is InChI=1S/C33H34Cl2FN3O4/c1-20(34)5-3-8-26(36)29-28-27(15-16-38(30(28)40)18-21-11-13-23(14-12-21)31(41)42)39(19-22-9-10-22)33(29,2)32(43)37-25-7-4-6-24(35)17-25/h3-8,11-14,17,22,27-29H,1,9-10,15-16,18-19H2,2H3,(H,37,43)(H,41,42)/b5-3-,26-8-/t27-,28+,29-,33+/m0/s1. The summed E-state index contributed by atoms with van der Waals surface area (Å²) in [4.78, 5) is 43.5. The van der Waals surface area contributed by atoms with E-state index in [0.29, 0.717) is 36.1 Å². The molecular formula is C33H34Cl2FN3O4. The van der Waals surface area contributed by atoms with Crippen LogP contribution in [0.5, 0.6) is 0 Å². The molecule has 226 valence electrons. The van der Waals surface area contributed by atoms with Crippen LogP contribution >= 0.6 is 23.2 Å². The van der Waals surface area contributed by atoms with Crippen LogP contribution in [0.25, 0.3) is 0 Å². The van der Waals surface area contributed by atoms with E-state index in [1.165, 1.54) is 30.4 Å². The van der Waals surface area contributed by atoms with Crippen LogP contribution in [-0.2, 0) is 16.1 Å². The van der Waals surface area contributed by atoms with Gasteiger partial charge in [0.2, 0.25) is 11.8 Å². The highest BCUT2D eigenvalue weighted by Gasteiger charge is 2.65. The predicted molar refractivity (Wildman–Crippen MR) is 165 cm³/mol. The van der Waals surface area contributed by atoms with Gasteiger partial charge in [-0.1, -0.05) is 54.1 Å². The number of carbonyl (C=O) groups is 3. The summed E-state index contributed by atoms with van der Waals surface area (Å²) in [6.07, 6.45) is 6.76. The Morgan fingerprint density at radius 2 is 1.91 bits per heavy atom. The highest BCUT2D eigenvalue weighted by Crippen LogP contribution is 2.52. The summed E-state index contributed by atoms with van der Waals surface area (Å²) in [5, 5.41) is 12.9. The van der Waals surface area contributed by atoms with Gasteiger partial charge in [0.15, 0.2) is 0 Å². The zero-order valence-electron chi connectivity index (χ0n) is 23.8. The zero-order valence-corrected chi connectivity index (χ0v) is 25.3. The highest BCUT2D eigenvalue weighted by atomic mass is 35.5. The number of likely N-dealkylation sites (tertiary alicyclic amines) is 2. The smallest absolute Gasteiger partial charge is 0.335 e. The second kappa shape index (κ2) is 12.6. The fraction of sp³-hybridized carbons (Fsp3) is 0.364. The molecule has 0 aromatic heterocycles. The molecular weight excluding hydrogens is 592 g/mol. The maximum absolute atomic E-state index is 16.4. The molecule has 5 rings (SSSR count). The number of hydrogen-bond acceptors (Lipinski definition) is 4. The van der Waals surface area contributed by atoms with E-state index in [1.54, 1.807) is 48.2 Å². The van der Waals surface area contributed by atoms with Crippen LogP contribution in [0.3, 0.4) is 0 Å². The van der Waals surface area contributed by atoms with Gasteiger partial charge in [0.05, 0.1) is 17.4 Å². The summed E-state index contributed by atoms with van der Waals surface area (Å²) in [6, 6.07) is 12.8. The summed E-state index contributed by atoms with van der Waals surface area (Å²) in [7, 11) is 0. The first-order valence-electron chi connectivity index (χ1n) is 14.3. The van der Waals surface area contributed by atoms with E-state index < -0.39 is 35.1 Å². The van der Waals surface area contributed by atoms with E-state index in [1.807, 2.05) is 0 Å². The van der Waals surface area contributed by atoms with Crippen molar-refractivity contribution >= 4 is 46.7 Å². The van der Waals surface area contributed by atoms with Crippen LogP contribution in [0, 0.1) is 17.8 Å². The van der Waals surface area contributed by atoms with E-state index in [-0.39, 0.29) is 29.1 Å². The van der Waals surface area contributed by atoms with Crippen LogP contribution < -0.4 is 5.32 Å². The van der Waals surface area contributed by atoms with Crippen molar-refractivity contribution in [1.82, 2.24) is 9.80 Å². The second-order valence-electron chi connectivity index (χ2n) is 11.7. The Kier molecular flexibility index (Phi) is 9.11. The number of aromatic carboxylic acids is 1. The minimum Gasteiger partial charge on any atom is -0.478 e. The van der Waals surface area contributed by atoms with Crippen molar-refractivity contribution in [3.8, 4) is 0 Å². The first kappa shape index (κ1) is 31.0. The number of piperidine rings is 1. The Balaban J connectivity index is 1.53. The lowest BCUT2D eigenvalue weighted by Gasteiger charge is -2.40. The number of nitrogens with zero attached hydrogens (tertiary/aromatic N) is 2. The second-order valence-corrected chi connectivity index (χ2v) is 12.6. The van der Waals surface area contributed by atoms with Crippen LogP contribution in [0.15, 0.2) is 84.2 Å². The van der Waals surface area contributed by atoms with E-state index in [0.717, 1.165) is 18.4 Å². The number of allylic oxidation sites excluding steroid dienone is 4. The molecule has 4 atom stereocenters. The molecule has 2 amide bonds. The van der Waals surface area contributed by atoms with Gasteiger partial charge in [0.1, 0.15) is 11.4 Å². The van der Waals surface area contributed by atoms with Gasteiger partial charge in [0.25, 0.3) is 0 Å². The number of anilines is 1. The highest BCUT2D eigenvalue weighted by molar-refractivity contribution is 6.31. The van der Waals surface area contributed by atoms with Crippen molar-refractivity contribution in [2.75, 3.05) is 18.4 Å². The SMILES string of the molecule is C=C(Cl)/C=C\C=C(/F)[C@H]1[C@@H]2C(=O)N(Cc3ccc(C(=O)O)cc3)CC[C@@H]2N(CC2CC2)[C@@]1(C)C(=O)Nc1cccc(Cl)c1. The number of carboxylic acid groups (broad SMARTS) is 1. The minimum atomic E-state index is -1.39. The fourth-order valence-electron chi connectivity index (χ4n) is 6.46. The van der Waals surface area contributed by atoms with Crippen LogP contribution in [0.1, 0.15) is 42.1 Å². The number of fused-ring (bicyclic) bond motifs is 1. The number of nitrogens with one attached hydrogen (secondary N) is 1. The number of halogens is 3. The molecule has 2 aromatic rings. The van der Waals surface area contributed by atoms with E-state index >= 15 is 4.39 Å². The number of benzene rings is 2. The topological polar surface area (TPSA) is 90.0 Å². The Morgan fingerprint density at radius 3 is 2.53 bits per heavy atom. The molecule has 3 fully saturated rings. The van der Waals surface area contributed by atoms with E-state index in [2.05, 4.69) is 16.8 Å². The molecule has 7 nitrogen and oxygen atoms in total. The third-order valence-corrected chi connectivity index (χ3v) is 9.13. The molecule has 2 aliphatic heterocycles. The minimum absolute atomic E-state index is 0.154. The summed E-state index contributed by atoms with van der Waals surface area (Å²) >= 11 is 12.0. The van der Waals surface area contributed by atoms with Crippen molar-refractivity contribution in [1.29, 1.82) is 0 Å². The molecule has 2 saturated heterocycles. The predicted octanol–water partition coefficient (Wildman–Crippen LogP) is 6.66. The lowest BCUT2D eigenvalue weighted by atomic mass is 9.75. The van der Waals surface area contributed by atoms with Gasteiger partial charge in [0, 0.05) is 41.4 Å². The Hall–Kier alpha value is -3.46. The van der Waals surface area contributed by atoms with Gasteiger partial charge in [-0.25, -0.2) is 9.18 Å². The van der Waals surface area contributed by atoms with Gasteiger partial charge in [-0.15, -0.1) is 0 Å². The molecule has 10 heteroatoms. The molecule has 2 aromatic carbocycles. The normalized spacial score (nSPS) is 26.0. The number of rotatable bonds is 10. The zero-order chi connectivity index (χ0) is 30.9. The van der Waals surface area contributed by atoms with Crippen molar-refractivity contribution in [2.45, 2.75) is 44.3 Å². The maximum Gasteiger partial charge on any atom is 0.335 e. The van der Waals surface area contributed by atoms with Crippen molar-refractivity contribution < 1.29 is 23.9 Å². The fourth-order valence-corrected chi connectivity index (χ4v) is 6.72. The molecule has 1 saturated carbocycles. The number of carboxylic acids is 1. The van der Waals surface area contributed by atoms with E-state index in [4.69, 9.17) is 23.2 Å². The quantitative estimate of drug-likeness (QED) is 0.288. The Labute approximate surface area is 260 Å². The monoisotopic (exact) mass is 625 g/mol. The van der Waals surface area contributed by atoms with Gasteiger partial charge in [-0.2, -0.15) is 0 Å². The van der Waals surface area contributed by atoms with E-state index in [9.17, 15) is 19.5 Å². The third-order valence-electron chi connectivity index (χ3n) is 8.77. The van der Waals surface area contributed by atoms with Crippen LogP contribution in [-0.4, -0.2) is 57.4 Å². The van der Waals surface area contributed by atoms with Gasteiger partial charge in [-0.05, 0) is 80.2 Å². The Bertz CT molecular complexity index is 1490. The first-order chi connectivity index (χ1) is 20.5. The lowest BCUT2D eigenvalue weighted by molar-refractivity contribution is -0.141. The lowest BCUT2D eigenvalue weighted by Crippen LogP contribution is -2.57. The number of hydrogen-bond donors (Lipinski definition) is 2.